The van der Waals surface area contributed by atoms with Crippen LogP contribution in [-0.2, 0) is 11.2 Å². The monoisotopic (exact) mass is 280 g/mol. The van der Waals surface area contributed by atoms with Gasteiger partial charge in [0.25, 0.3) is 0 Å². The molecule has 0 aliphatic heterocycles. The van der Waals surface area contributed by atoms with E-state index in [0.29, 0.717) is 6.42 Å². The minimum absolute atomic E-state index is 0.432. The lowest BCUT2D eigenvalue weighted by Crippen LogP contribution is -2.17. The first-order chi connectivity index (χ1) is 8.65. The van der Waals surface area contributed by atoms with Crippen LogP contribution in [0, 0.1) is 6.92 Å². The number of carboxylic acid groups (broad SMARTS) is 1. The highest BCUT2D eigenvalue weighted by molar-refractivity contribution is 7.15. The van der Waals surface area contributed by atoms with E-state index in [2.05, 4.69) is 9.97 Å². The van der Waals surface area contributed by atoms with Crippen molar-refractivity contribution in [3.05, 3.63) is 21.0 Å². The fraction of sp³-hybridized carbons (Fsp3) is 0.417. The molecule has 1 aliphatic carbocycles. The highest BCUT2D eigenvalue weighted by Gasteiger charge is 2.30. The molecule has 2 aromatic heterocycles. The lowest BCUT2D eigenvalue weighted by molar-refractivity contribution is -0.139. The maximum absolute atomic E-state index is 11.2. The third-order valence-corrected chi connectivity index (χ3v) is 5.02. The summed E-state index contributed by atoms with van der Waals surface area (Å²) in [5.74, 6) is -1.19. The number of thiazole rings is 2. The van der Waals surface area contributed by atoms with Crippen molar-refractivity contribution in [2.45, 2.75) is 32.1 Å². The fourth-order valence-corrected chi connectivity index (χ4v) is 4.03. The molecule has 18 heavy (non-hydrogen) atoms. The number of rotatable bonds is 2. The van der Waals surface area contributed by atoms with Crippen molar-refractivity contribution >= 4 is 28.6 Å². The molecule has 6 heteroatoms. The molecule has 1 atom stereocenters. The number of nitrogens with zero attached hydrogens (tertiary/aromatic N) is 2. The molecule has 0 saturated heterocycles. The number of hydrogen-bond acceptors (Lipinski definition) is 5. The first kappa shape index (κ1) is 11.8. The normalized spacial score (nSPS) is 18.6. The van der Waals surface area contributed by atoms with Crippen molar-refractivity contribution in [2.24, 2.45) is 0 Å². The second kappa shape index (κ2) is 4.44. The van der Waals surface area contributed by atoms with Gasteiger partial charge in [-0.3, -0.25) is 4.79 Å². The van der Waals surface area contributed by atoms with E-state index in [1.807, 2.05) is 12.3 Å². The number of hydrogen-bond donors (Lipinski definition) is 1. The molecule has 1 aliphatic rings. The average Bonchev–Trinajstić information content (AvgIpc) is 2.93. The molecule has 3 rings (SSSR count). The number of aryl methyl sites for hydroxylation is 2. The lowest BCUT2D eigenvalue weighted by Gasteiger charge is -2.16. The van der Waals surface area contributed by atoms with Crippen molar-refractivity contribution < 1.29 is 9.90 Å². The van der Waals surface area contributed by atoms with Crippen molar-refractivity contribution in [3.8, 4) is 10.7 Å². The minimum atomic E-state index is -0.762. The second-order valence-corrected chi connectivity index (χ2v) is 6.51. The van der Waals surface area contributed by atoms with Gasteiger partial charge in [-0.05, 0) is 26.2 Å². The van der Waals surface area contributed by atoms with Crippen LogP contribution in [0.2, 0.25) is 0 Å². The van der Waals surface area contributed by atoms with Crippen LogP contribution in [0.3, 0.4) is 0 Å². The van der Waals surface area contributed by atoms with Gasteiger partial charge in [-0.15, -0.1) is 22.7 Å². The van der Waals surface area contributed by atoms with Crippen LogP contribution in [0.15, 0.2) is 5.38 Å². The first-order valence-electron chi connectivity index (χ1n) is 5.80. The molecule has 0 spiro atoms. The molecule has 0 amide bonds. The minimum Gasteiger partial charge on any atom is -0.481 e. The second-order valence-electron chi connectivity index (χ2n) is 4.36. The summed E-state index contributed by atoms with van der Waals surface area (Å²) in [7, 11) is 0. The van der Waals surface area contributed by atoms with Gasteiger partial charge in [0.1, 0.15) is 16.6 Å². The Bertz CT molecular complexity index is 603. The predicted octanol–water partition coefficient (Wildman–Crippen LogP) is 3.08. The zero-order valence-electron chi connectivity index (χ0n) is 9.84. The summed E-state index contributed by atoms with van der Waals surface area (Å²) >= 11 is 3.18. The van der Waals surface area contributed by atoms with Gasteiger partial charge >= 0.3 is 5.97 Å². The number of carbonyl (C=O) groups is 1. The van der Waals surface area contributed by atoms with E-state index in [-0.39, 0.29) is 0 Å². The van der Waals surface area contributed by atoms with Crippen LogP contribution < -0.4 is 0 Å². The Labute approximate surface area is 112 Å². The maximum Gasteiger partial charge on any atom is 0.312 e. The van der Waals surface area contributed by atoms with Crippen LogP contribution >= 0.6 is 22.7 Å². The predicted molar refractivity (Wildman–Crippen MR) is 71.3 cm³/mol. The van der Waals surface area contributed by atoms with Gasteiger partial charge in [0.2, 0.25) is 0 Å². The Morgan fingerprint density at radius 1 is 1.50 bits per heavy atom. The molecule has 0 bridgehead atoms. The molecule has 0 fully saturated rings. The molecule has 1 unspecified atom stereocenters. The highest BCUT2D eigenvalue weighted by atomic mass is 32.1. The van der Waals surface area contributed by atoms with Crippen LogP contribution in [0.1, 0.15) is 34.3 Å². The summed E-state index contributed by atoms with van der Waals surface area (Å²) in [6.45, 7) is 1.96. The third-order valence-electron chi connectivity index (χ3n) is 3.09. The Hall–Kier alpha value is -1.27. The Kier molecular flexibility index (Phi) is 2.91. The largest absolute Gasteiger partial charge is 0.481 e. The SMILES string of the molecule is Cc1nc(-c2nc3c(s2)CCCC3C(=O)O)cs1. The molecule has 2 heterocycles. The van der Waals surface area contributed by atoms with Crippen LogP contribution in [0.4, 0.5) is 0 Å². The summed E-state index contributed by atoms with van der Waals surface area (Å²) in [4.78, 5) is 21.3. The van der Waals surface area contributed by atoms with E-state index < -0.39 is 11.9 Å². The molecule has 94 valence electrons. The zero-order valence-corrected chi connectivity index (χ0v) is 11.5. The van der Waals surface area contributed by atoms with E-state index in [4.69, 9.17) is 0 Å². The van der Waals surface area contributed by atoms with Crippen molar-refractivity contribution in [1.82, 2.24) is 9.97 Å². The summed E-state index contributed by atoms with van der Waals surface area (Å²) < 4.78 is 0. The van der Waals surface area contributed by atoms with E-state index in [1.165, 1.54) is 0 Å². The van der Waals surface area contributed by atoms with Gasteiger partial charge in [-0.1, -0.05) is 0 Å². The van der Waals surface area contributed by atoms with Crippen molar-refractivity contribution in [1.29, 1.82) is 0 Å². The Balaban J connectivity index is 2.03. The molecule has 2 aromatic rings. The molecule has 1 N–H and O–H groups in total. The van der Waals surface area contributed by atoms with Crippen LogP contribution in [-0.4, -0.2) is 21.0 Å². The van der Waals surface area contributed by atoms with E-state index >= 15 is 0 Å². The van der Waals surface area contributed by atoms with Crippen LogP contribution in [0.5, 0.6) is 0 Å². The van der Waals surface area contributed by atoms with Gasteiger partial charge in [0.15, 0.2) is 0 Å². The summed E-state index contributed by atoms with van der Waals surface area (Å²) in [5.41, 5.74) is 1.64. The maximum atomic E-state index is 11.2. The smallest absolute Gasteiger partial charge is 0.312 e. The van der Waals surface area contributed by atoms with Crippen molar-refractivity contribution in [3.63, 3.8) is 0 Å². The standard InChI is InChI=1S/C12H12N2O2S2/c1-6-13-8(5-17-6)11-14-10-7(12(15)16)3-2-4-9(10)18-11/h5,7H,2-4H2,1H3,(H,15,16). The quantitative estimate of drug-likeness (QED) is 0.918. The fourth-order valence-electron chi connectivity index (χ4n) is 2.23. The van der Waals surface area contributed by atoms with E-state index in [9.17, 15) is 9.90 Å². The third kappa shape index (κ3) is 1.95. The van der Waals surface area contributed by atoms with Gasteiger partial charge in [0, 0.05) is 10.3 Å². The molecule has 0 radical (unpaired) electrons. The van der Waals surface area contributed by atoms with Gasteiger partial charge < -0.3 is 5.11 Å². The molecule has 0 aromatic carbocycles. The summed E-state index contributed by atoms with van der Waals surface area (Å²) in [6.07, 6.45) is 2.57. The van der Waals surface area contributed by atoms with Gasteiger partial charge in [-0.2, -0.15) is 0 Å². The summed E-state index contributed by atoms with van der Waals surface area (Å²) in [5, 5.41) is 13.1. The summed E-state index contributed by atoms with van der Waals surface area (Å²) in [6, 6.07) is 0. The number of carboxylic acids is 1. The van der Waals surface area contributed by atoms with Gasteiger partial charge in [0.05, 0.1) is 10.7 Å². The van der Waals surface area contributed by atoms with Gasteiger partial charge in [-0.25, -0.2) is 9.97 Å². The average molecular weight is 280 g/mol. The van der Waals surface area contributed by atoms with E-state index in [1.54, 1.807) is 22.7 Å². The Morgan fingerprint density at radius 3 is 3.00 bits per heavy atom. The zero-order chi connectivity index (χ0) is 12.7. The Morgan fingerprint density at radius 2 is 2.33 bits per heavy atom. The molecular weight excluding hydrogens is 268 g/mol. The number of fused-ring (bicyclic) bond motifs is 1. The van der Waals surface area contributed by atoms with Crippen LogP contribution in [0.25, 0.3) is 10.7 Å². The number of aromatic nitrogens is 2. The molecular formula is C12H12N2O2S2. The topological polar surface area (TPSA) is 63.1 Å². The number of aliphatic carboxylic acids is 1. The van der Waals surface area contributed by atoms with Crippen molar-refractivity contribution in [2.75, 3.05) is 0 Å². The van der Waals surface area contributed by atoms with E-state index in [0.717, 1.165) is 39.1 Å². The lowest BCUT2D eigenvalue weighted by atomic mass is 9.91. The highest BCUT2D eigenvalue weighted by Crippen LogP contribution is 2.38. The first-order valence-corrected chi connectivity index (χ1v) is 7.49. The molecule has 4 nitrogen and oxygen atoms in total. The molecule has 0 saturated carbocycles.